The maximum absolute atomic E-state index is 9.96. The third-order valence-electron chi connectivity index (χ3n) is 2.40. The van der Waals surface area contributed by atoms with E-state index >= 15 is 0 Å². The quantitative estimate of drug-likeness (QED) is 0.746. The fourth-order valence-corrected chi connectivity index (χ4v) is 1.41. The molecule has 0 atom stereocenters. The van der Waals surface area contributed by atoms with Gasteiger partial charge in [0.15, 0.2) is 0 Å². The SMILES string of the molecule is CCC(=O)OC.c1ccc(-c2ccccc2)cc1. The second kappa shape index (κ2) is 8.07. The highest BCUT2D eigenvalue weighted by Crippen LogP contribution is 2.17. The Balaban J connectivity index is 0.000000232. The molecule has 0 saturated heterocycles. The molecular weight excluding hydrogens is 224 g/mol. The Labute approximate surface area is 108 Å². The van der Waals surface area contributed by atoms with Crippen LogP contribution in [0.25, 0.3) is 11.1 Å². The largest absolute Gasteiger partial charge is 0.469 e. The minimum absolute atomic E-state index is 0.157. The van der Waals surface area contributed by atoms with Crippen molar-refractivity contribution in [3.8, 4) is 11.1 Å². The van der Waals surface area contributed by atoms with E-state index in [1.165, 1.54) is 18.2 Å². The van der Waals surface area contributed by atoms with E-state index in [1.807, 2.05) is 12.1 Å². The van der Waals surface area contributed by atoms with E-state index in [0.717, 1.165) is 0 Å². The maximum Gasteiger partial charge on any atom is 0.305 e. The first kappa shape index (κ1) is 14.0. The summed E-state index contributed by atoms with van der Waals surface area (Å²) in [5.41, 5.74) is 2.55. The van der Waals surface area contributed by atoms with Crippen LogP contribution in [0, 0.1) is 0 Å². The zero-order valence-corrected chi connectivity index (χ0v) is 10.8. The minimum atomic E-state index is -0.157. The molecule has 18 heavy (non-hydrogen) atoms. The minimum Gasteiger partial charge on any atom is -0.469 e. The summed E-state index contributed by atoms with van der Waals surface area (Å²) in [6, 6.07) is 20.8. The van der Waals surface area contributed by atoms with Gasteiger partial charge in [-0.25, -0.2) is 0 Å². The molecule has 2 aromatic carbocycles. The van der Waals surface area contributed by atoms with Gasteiger partial charge in [0.1, 0.15) is 0 Å². The van der Waals surface area contributed by atoms with E-state index in [2.05, 4.69) is 53.3 Å². The van der Waals surface area contributed by atoms with Crippen molar-refractivity contribution in [3.63, 3.8) is 0 Å². The molecule has 0 aromatic heterocycles. The normalized spacial score (nSPS) is 9.00. The third kappa shape index (κ3) is 4.83. The van der Waals surface area contributed by atoms with Gasteiger partial charge in [-0.2, -0.15) is 0 Å². The Morgan fingerprint density at radius 2 is 1.28 bits per heavy atom. The number of ether oxygens (including phenoxy) is 1. The smallest absolute Gasteiger partial charge is 0.305 e. The first-order chi connectivity index (χ1) is 8.77. The molecule has 0 aliphatic heterocycles. The van der Waals surface area contributed by atoms with Crippen molar-refractivity contribution in [2.75, 3.05) is 7.11 Å². The number of rotatable bonds is 2. The van der Waals surface area contributed by atoms with Gasteiger partial charge in [0.2, 0.25) is 0 Å². The molecule has 0 aliphatic carbocycles. The van der Waals surface area contributed by atoms with E-state index < -0.39 is 0 Å². The van der Waals surface area contributed by atoms with Crippen LogP contribution in [-0.4, -0.2) is 13.1 Å². The molecule has 2 nitrogen and oxygen atoms in total. The number of carbonyl (C=O) groups excluding carboxylic acids is 1. The van der Waals surface area contributed by atoms with Gasteiger partial charge >= 0.3 is 5.97 Å². The van der Waals surface area contributed by atoms with Gasteiger partial charge in [0.25, 0.3) is 0 Å². The molecular formula is C16H18O2. The van der Waals surface area contributed by atoms with Gasteiger partial charge in [-0.3, -0.25) is 4.79 Å². The molecule has 2 heteroatoms. The van der Waals surface area contributed by atoms with Gasteiger partial charge < -0.3 is 4.74 Å². The molecule has 0 saturated carbocycles. The van der Waals surface area contributed by atoms with Gasteiger partial charge in [-0.15, -0.1) is 0 Å². The molecule has 2 aromatic rings. The molecule has 2 rings (SSSR count). The van der Waals surface area contributed by atoms with Crippen LogP contribution in [-0.2, 0) is 9.53 Å². The highest BCUT2D eigenvalue weighted by atomic mass is 16.5. The molecule has 0 unspecified atom stereocenters. The Hall–Kier alpha value is -2.09. The monoisotopic (exact) mass is 242 g/mol. The lowest BCUT2D eigenvalue weighted by Gasteiger charge is -1.98. The molecule has 94 valence electrons. The van der Waals surface area contributed by atoms with Crippen molar-refractivity contribution in [1.29, 1.82) is 0 Å². The Kier molecular flexibility index (Phi) is 6.26. The average Bonchev–Trinajstić information content (AvgIpc) is 2.49. The van der Waals surface area contributed by atoms with Crippen LogP contribution in [0.3, 0.4) is 0 Å². The number of esters is 1. The van der Waals surface area contributed by atoms with Crippen molar-refractivity contribution in [1.82, 2.24) is 0 Å². The highest BCUT2D eigenvalue weighted by Gasteiger charge is 1.91. The molecule has 0 aliphatic rings. The summed E-state index contributed by atoms with van der Waals surface area (Å²) >= 11 is 0. The van der Waals surface area contributed by atoms with Crippen LogP contribution in [0.4, 0.5) is 0 Å². The van der Waals surface area contributed by atoms with Crippen molar-refractivity contribution in [2.45, 2.75) is 13.3 Å². The molecule has 0 bridgehead atoms. The second-order valence-corrected chi connectivity index (χ2v) is 3.66. The van der Waals surface area contributed by atoms with Gasteiger partial charge in [-0.1, -0.05) is 67.6 Å². The lowest BCUT2D eigenvalue weighted by Crippen LogP contribution is -1.94. The zero-order chi connectivity index (χ0) is 13.2. The fourth-order valence-electron chi connectivity index (χ4n) is 1.41. The van der Waals surface area contributed by atoms with Crippen molar-refractivity contribution >= 4 is 5.97 Å². The van der Waals surface area contributed by atoms with E-state index in [9.17, 15) is 4.79 Å². The molecule has 0 heterocycles. The first-order valence-electron chi connectivity index (χ1n) is 5.95. The number of methoxy groups -OCH3 is 1. The predicted molar refractivity (Wildman–Crippen MR) is 74.2 cm³/mol. The van der Waals surface area contributed by atoms with Crippen molar-refractivity contribution < 1.29 is 9.53 Å². The topological polar surface area (TPSA) is 26.3 Å². The van der Waals surface area contributed by atoms with Crippen LogP contribution in [0.5, 0.6) is 0 Å². The molecule has 0 amide bonds. The lowest BCUT2D eigenvalue weighted by atomic mass is 10.1. The van der Waals surface area contributed by atoms with Crippen molar-refractivity contribution in [2.24, 2.45) is 0 Å². The Morgan fingerprint density at radius 1 is 0.889 bits per heavy atom. The summed E-state index contributed by atoms with van der Waals surface area (Å²) in [5, 5.41) is 0. The summed E-state index contributed by atoms with van der Waals surface area (Å²) < 4.78 is 4.26. The summed E-state index contributed by atoms with van der Waals surface area (Å²) in [4.78, 5) is 9.96. The lowest BCUT2D eigenvalue weighted by molar-refractivity contribution is -0.140. The Bertz CT molecular complexity index is 406. The molecule has 0 fully saturated rings. The molecule has 0 spiro atoms. The van der Waals surface area contributed by atoms with E-state index in [4.69, 9.17) is 0 Å². The summed E-state index contributed by atoms with van der Waals surface area (Å²) in [6.45, 7) is 1.76. The van der Waals surface area contributed by atoms with Crippen LogP contribution >= 0.6 is 0 Å². The van der Waals surface area contributed by atoms with E-state index in [-0.39, 0.29) is 5.97 Å². The maximum atomic E-state index is 9.96. The fraction of sp³-hybridized carbons (Fsp3) is 0.188. The van der Waals surface area contributed by atoms with Crippen LogP contribution < -0.4 is 0 Å². The van der Waals surface area contributed by atoms with Gasteiger partial charge in [0, 0.05) is 6.42 Å². The molecule has 0 N–H and O–H groups in total. The number of benzene rings is 2. The van der Waals surface area contributed by atoms with E-state index in [1.54, 1.807) is 6.92 Å². The zero-order valence-electron chi connectivity index (χ0n) is 10.8. The standard InChI is InChI=1S/C12H10.C4H8O2/c1-3-7-11(8-4-1)12-9-5-2-6-10-12;1-3-4(5)6-2/h1-10H;3H2,1-2H3. The number of carbonyl (C=O) groups is 1. The molecule has 0 radical (unpaired) electrons. The first-order valence-corrected chi connectivity index (χ1v) is 5.95. The van der Waals surface area contributed by atoms with Crippen LogP contribution in [0.15, 0.2) is 60.7 Å². The van der Waals surface area contributed by atoms with Gasteiger partial charge in [-0.05, 0) is 11.1 Å². The summed E-state index contributed by atoms with van der Waals surface area (Å²) in [7, 11) is 1.38. The number of hydrogen-bond acceptors (Lipinski definition) is 2. The van der Waals surface area contributed by atoms with Crippen molar-refractivity contribution in [3.05, 3.63) is 60.7 Å². The van der Waals surface area contributed by atoms with Crippen LogP contribution in [0.1, 0.15) is 13.3 Å². The predicted octanol–water partition coefficient (Wildman–Crippen LogP) is 3.92. The van der Waals surface area contributed by atoms with Crippen LogP contribution in [0.2, 0.25) is 0 Å². The third-order valence-corrected chi connectivity index (χ3v) is 2.40. The van der Waals surface area contributed by atoms with Gasteiger partial charge in [0.05, 0.1) is 7.11 Å². The number of hydrogen-bond donors (Lipinski definition) is 0. The Morgan fingerprint density at radius 3 is 1.50 bits per heavy atom. The summed E-state index contributed by atoms with van der Waals surface area (Å²) in [5.74, 6) is -0.157. The van der Waals surface area contributed by atoms with E-state index in [0.29, 0.717) is 6.42 Å². The summed E-state index contributed by atoms with van der Waals surface area (Å²) in [6.07, 6.45) is 0.469. The highest BCUT2D eigenvalue weighted by molar-refractivity contribution is 5.68. The average molecular weight is 242 g/mol. The second-order valence-electron chi connectivity index (χ2n) is 3.66.